The summed E-state index contributed by atoms with van der Waals surface area (Å²) in [6, 6.07) is 10.8. The fourth-order valence-corrected chi connectivity index (χ4v) is 2.69. The van der Waals surface area contributed by atoms with Gasteiger partial charge in [-0.15, -0.1) is 0 Å². The Morgan fingerprint density at radius 1 is 1.22 bits per heavy atom. The molecule has 3 rings (SSSR count). The normalized spacial score (nSPS) is 15.5. The number of fused-ring (bicyclic) bond motifs is 1. The maximum absolute atomic E-state index is 12.4. The van der Waals surface area contributed by atoms with Crippen molar-refractivity contribution in [3.8, 4) is 17.2 Å². The maximum atomic E-state index is 12.4. The molecule has 0 aromatic heterocycles. The summed E-state index contributed by atoms with van der Waals surface area (Å²) in [5.74, 6) is 1.48. The van der Waals surface area contributed by atoms with Crippen LogP contribution in [0.2, 0.25) is 5.02 Å². The van der Waals surface area contributed by atoms with Gasteiger partial charge in [0.05, 0.1) is 24.9 Å². The van der Waals surface area contributed by atoms with Gasteiger partial charge in [0.1, 0.15) is 5.75 Å². The molecule has 1 atom stereocenters. The van der Waals surface area contributed by atoms with Crippen molar-refractivity contribution in [3.63, 3.8) is 0 Å². The lowest BCUT2D eigenvalue weighted by molar-refractivity contribution is -0.122. The third-order valence-electron chi connectivity index (χ3n) is 3.67. The second-order valence-corrected chi connectivity index (χ2v) is 5.50. The van der Waals surface area contributed by atoms with E-state index in [1.165, 1.54) is 14.2 Å². The van der Waals surface area contributed by atoms with E-state index in [0.29, 0.717) is 28.6 Å². The molecular weight excluding hydrogens is 318 g/mol. The van der Waals surface area contributed by atoms with E-state index in [4.69, 9.17) is 25.8 Å². The topological polar surface area (TPSA) is 56.8 Å². The molecule has 0 spiro atoms. The highest BCUT2D eigenvalue weighted by atomic mass is 35.5. The molecule has 6 heteroatoms. The van der Waals surface area contributed by atoms with Gasteiger partial charge in [-0.3, -0.25) is 4.79 Å². The zero-order valence-corrected chi connectivity index (χ0v) is 13.5. The number of hydrogen-bond acceptors (Lipinski definition) is 4. The fourth-order valence-electron chi connectivity index (χ4n) is 2.49. The number of carbonyl (C=O) groups excluding carboxylic acids is 1. The van der Waals surface area contributed by atoms with E-state index in [-0.39, 0.29) is 5.91 Å². The summed E-state index contributed by atoms with van der Waals surface area (Å²) in [6.07, 6.45) is -0.0380. The van der Waals surface area contributed by atoms with Crippen molar-refractivity contribution in [1.82, 2.24) is 0 Å². The number of amides is 1. The number of methoxy groups -OCH3 is 2. The van der Waals surface area contributed by atoms with Gasteiger partial charge in [-0.25, -0.2) is 0 Å². The van der Waals surface area contributed by atoms with Crippen LogP contribution < -0.4 is 19.5 Å². The molecule has 1 amide bonds. The summed E-state index contributed by atoms with van der Waals surface area (Å²) in [4.78, 5) is 12.4. The summed E-state index contributed by atoms with van der Waals surface area (Å²) in [5.41, 5.74) is 1.47. The predicted molar refractivity (Wildman–Crippen MR) is 87.7 cm³/mol. The van der Waals surface area contributed by atoms with Gasteiger partial charge in [0.25, 0.3) is 5.91 Å². The lowest BCUT2D eigenvalue weighted by Gasteiger charge is -2.15. The van der Waals surface area contributed by atoms with Crippen LogP contribution in [0.1, 0.15) is 5.56 Å². The van der Waals surface area contributed by atoms with Crippen LogP contribution in [0.4, 0.5) is 5.69 Å². The lowest BCUT2D eigenvalue weighted by atomic mass is 10.1. The summed E-state index contributed by atoms with van der Waals surface area (Å²) < 4.78 is 16.1. The minimum Gasteiger partial charge on any atom is -0.493 e. The molecule has 1 N–H and O–H groups in total. The van der Waals surface area contributed by atoms with E-state index in [9.17, 15) is 4.79 Å². The van der Waals surface area contributed by atoms with E-state index in [1.54, 1.807) is 12.1 Å². The summed E-state index contributed by atoms with van der Waals surface area (Å²) in [5, 5.41) is 3.15. The van der Waals surface area contributed by atoms with Gasteiger partial charge < -0.3 is 19.5 Å². The van der Waals surface area contributed by atoms with Crippen LogP contribution in [0, 0.1) is 0 Å². The van der Waals surface area contributed by atoms with E-state index in [0.717, 1.165) is 11.3 Å². The van der Waals surface area contributed by atoms with Gasteiger partial charge in [0, 0.05) is 18.6 Å². The summed E-state index contributed by atoms with van der Waals surface area (Å²) in [6.45, 7) is 0. The Morgan fingerprint density at radius 3 is 2.61 bits per heavy atom. The molecule has 0 fully saturated rings. The number of nitrogens with one attached hydrogen (secondary N) is 1. The maximum Gasteiger partial charge on any atom is 0.265 e. The zero-order chi connectivity index (χ0) is 16.4. The van der Waals surface area contributed by atoms with Crippen LogP contribution in [-0.4, -0.2) is 26.2 Å². The Morgan fingerprint density at radius 2 is 1.91 bits per heavy atom. The van der Waals surface area contributed by atoms with Gasteiger partial charge in [-0.1, -0.05) is 29.8 Å². The first-order chi connectivity index (χ1) is 11.1. The average molecular weight is 334 g/mol. The molecule has 1 heterocycles. The number of anilines is 1. The highest BCUT2D eigenvalue weighted by Gasteiger charge is 2.29. The van der Waals surface area contributed by atoms with Crippen LogP contribution >= 0.6 is 11.6 Å². The lowest BCUT2D eigenvalue weighted by Crippen LogP contribution is -2.31. The molecule has 0 radical (unpaired) electrons. The molecule has 0 saturated carbocycles. The molecule has 2 aromatic rings. The quantitative estimate of drug-likeness (QED) is 0.932. The largest absolute Gasteiger partial charge is 0.493 e. The molecular formula is C17H16ClNO4. The van der Waals surface area contributed by atoms with Crippen LogP contribution in [0.5, 0.6) is 17.2 Å². The standard InChI is InChI=1S/C17H16ClNO4/c1-21-14-8-11(18)12(9-15(14)22-2)19-17(20)16-7-10-5-3-4-6-13(10)23-16/h3-6,8-9,16H,7H2,1-2H3,(H,19,20). The van der Waals surface area contributed by atoms with Crippen molar-refractivity contribution in [3.05, 3.63) is 47.0 Å². The Kier molecular flexibility index (Phi) is 4.30. The molecule has 1 unspecified atom stereocenters. The number of ether oxygens (including phenoxy) is 3. The molecule has 0 saturated heterocycles. The van der Waals surface area contributed by atoms with Crippen LogP contribution in [0.25, 0.3) is 0 Å². The van der Waals surface area contributed by atoms with E-state index < -0.39 is 6.10 Å². The van der Waals surface area contributed by atoms with Crippen molar-refractivity contribution >= 4 is 23.2 Å². The highest BCUT2D eigenvalue weighted by Crippen LogP contribution is 2.36. The number of benzene rings is 2. The highest BCUT2D eigenvalue weighted by molar-refractivity contribution is 6.34. The first-order valence-corrected chi connectivity index (χ1v) is 7.47. The van der Waals surface area contributed by atoms with Crippen LogP contribution in [-0.2, 0) is 11.2 Å². The van der Waals surface area contributed by atoms with Gasteiger partial charge >= 0.3 is 0 Å². The van der Waals surface area contributed by atoms with Crippen LogP contribution in [0.15, 0.2) is 36.4 Å². The molecule has 5 nitrogen and oxygen atoms in total. The first kappa shape index (κ1) is 15.5. The molecule has 0 bridgehead atoms. The van der Waals surface area contributed by atoms with E-state index in [2.05, 4.69) is 5.32 Å². The minimum absolute atomic E-state index is 0.254. The smallest absolute Gasteiger partial charge is 0.265 e. The number of carbonyl (C=O) groups is 1. The third-order valence-corrected chi connectivity index (χ3v) is 3.98. The van der Waals surface area contributed by atoms with Crippen molar-refractivity contribution in [2.75, 3.05) is 19.5 Å². The van der Waals surface area contributed by atoms with Gasteiger partial charge in [-0.2, -0.15) is 0 Å². The van der Waals surface area contributed by atoms with Crippen molar-refractivity contribution in [1.29, 1.82) is 0 Å². The minimum atomic E-state index is -0.573. The van der Waals surface area contributed by atoms with E-state index >= 15 is 0 Å². The number of hydrogen-bond donors (Lipinski definition) is 1. The van der Waals surface area contributed by atoms with Gasteiger partial charge in [0.2, 0.25) is 0 Å². The summed E-state index contributed by atoms with van der Waals surface area (Å²) in [7, 11) is 3.05. The Bertz CT molecular complexity index is 722. The monoisotopic (exact) mass is 333 g/mol. The first-order valence-electron chi connectivity index (χ1n) is 7.09. The molecule has 23 heavy (non-hydrogen) atoms. The summed E-state index contributed by atoms with van der Waals surface area (Å²) >= 11 is 6.19. The van der Waals surface area contributed by atoms with Crippen molar-refractivity contribution in [2.24, 2.45) is 0 Å². The van der Waals surface area contributed by atoms with Crippen LogP contribution in [0.3, 0.4) is 0 Å². The molecule has 1 aliphatic heterocycles. The predicted octanol–water partition coefficient (Wildman–Crippen LogP) is 3.30. The Balaban J connectivity index is 1.76. The Labute approximate surface area is 139 Å². The van der Waals surface area contributed by atoms with Gasteiger partial charge in [0.15, 0.2) is 17.6 Å². The number of para-hydroxylation sites is 1. The molecule has 2 aromatic carbocycles. The molecule has 0 aliphatic carbocycles. The molecule has 1 aliphatic rings. The van der Waals surface area contributed by atoms with Crippen molar-refractivity contribution in [2.45, 2.75) is 12.5 Å². The third kappa shape index (κ3) is 3.05. The fraction of sp³-hybridized carbons (Fsp3) is 0.235. The SMILES string of the molecule is COc1cc(Cl)c(NC(=O)C2Cc3ccccc3O2)cc1OC. The second-order valence-electron chi connectivity index (χ2n) is 5.09. The zero-order valence-electron chi connectivity index (χ0n) is 12.8. The molecule has 120 valence electrons. The van der Waals surface area contributed by atoms with Crippen molar-refractivity contribution < 1.29 is 19.0 Å². The average Bonchev–Trinajstić information content (AvgIpc) is 3.00. The number of rotatable bonds is 4. The Hall–Kier alpha value is -2.40. The second kappa shape index (κ2) is 6.38. The number of halogens is 1. The van der Waals surface area contributed by atoms with Gasteiger partial charge in [-0.05, 0) is 11.6 Å². The van der Waals surface area contributed by atoms with E-state index in [1.807, 2.05) is 24.3 Å².